The zero-order chi connectivity index (χ0) is 61.1. The van der Waals surface area contributed by atoms with E-state index in [1.165, 1.54) is 42.8 Å². The first-order chi connectivity index (χ1) is 39.6. The quantitative estimate of drug-likeness (QED) is 0.0265. The zero-order valence-corrected chi connectivity index (χ0v) is 59.8. The highest BCUT2D eigenvalue weighted by atomic mass is 32.2. The molecule has 0 saturated carbocycles. The van der Waals surface area contributed by atoms with Gasteiger partial charge in [-0.2, -0.15) is 12.6 Å². The molecule has 0 aromatic heterocycles. The van der Waals surface area contributed by atoms with Crippen LogP contribution in [0.3, 0.4) is 0 Å². The average Bonchev–Trinajstić information content (AvgIpc) is 3.68. The van der Waals surface area contributed by atoms with Crippen LogP contribution in [0.5, 0.6) is 0 Å². The Morgan fingerprint density at radius 1 is 0.366 bits per heavy atom. The maximum absolute atomic E-state index is 13.6. The van der Waals surface area contributed by atoms with Crippen molar-refractivity contribution in [3.8, 4) is 0 Å². The summed E-state index contributed by atoms with van der Waals surface area (Å²) in [5.74, 6) is 1.43. The van der Waals surface area contributed by atoms with E-state index in [-0.39, 0.29) is 61.8 Å². The molecule has 0 heterocycles. The van der Waals surface area contributed by atoms with Crippen LogP contribution in [0, 0.1) is 10.8 Å². The topological polar surface area (TPSA) is 161 Å². The van der Waals surface area contributed by atoms with Crippen molar-refractivity contribution in [1.29, 1.82) is 0 Å². The third kappa shape index (κ3) is 40.3. The van der Waals surface area contributed by atoms with Gasteiger partial charge in [0.25, 0.3) is 0 Å². The zero-order valence-electron chi connectivity index (χ0n) is 54.3. The third-order valence-corrected chi connectivity index (χ3v) is 26.2. The minimum Gasteiger partial charge on any atom is -0.465 e. The Morgan fingerprint density at radius 3 is 1.01 bits per heavy atom. The Balaban J connectivity index is 7.29. The van der Waals surface area contributed by atoms with E-state index in [9.17, 15) is 19.2 Å². The molecule has 82 heavy (non-hydrogen) atoms. The lowest BCUT2D eigenvalue weighted by molar-refractivity contribution is -0.150. The molecular weight excluding hydrogens is 1150 g/mol. The molecule has 0 bridgehead atoms. The molecule has 3 atom stereocenters. The summed E-state index contributed by atoms with van der Waals surface area (Å²) in [6.07, 6.45) is 26.2. The molecule has 0 N–H and O–H groups in total. The number of rotatable bonds is 61. The van der Waals surface area contributed by atoms with Crippen LogP contribution in [0.4, 0.5) is 0 Å². The van der Waals surface area contributed by atoms with Crippen molar-refractivity contribution in [2.45, 2.75) is 280 Å². The molecule has 0 radical (unpaired) electrons. The summed E-state index contributed by atoms with van der Waals surface area (Å²) in [5.41, 5.74) is -1.61. The fourth-order valence-electron chi connectivity index (χ4n) is 9.35. The van der Waals surface area contributed by atoms with Gasteiger partial charge in [0, 0.05) is 113 Å². The molecule has 0 amide bonds. The van der Waals surface area contributed by atoms with Gasteiger partial charge in [0.2, 0.25) is 0 Å². The Bertz CT molecular complexity index is 1570. The summed E-state index contributed by atoms with van der Waals surface area (Å²) in [5, 5.41) is 0.427. The highest BCUT2D eigenvalue weighted by Gasteiger charge is 2.47. The van der Waals surface area contributed by atoms with Gasteiger partial charge in [-0.15, -0.1) is 0 Å². The van der Waals surface area contributed by atoms with Gasteiger partial charge in [-0.25, -0.2) is 0 Å². The molecule has 0 aliphatic carbocycles. The third-order valence-electron chi connectivity index (χ3n) is 15.1. The second-order valence-electron chi connectivity index (χ2n) is 22.5. The number of thiol groups is 1. The largest absolute Gasteiger partial charge is 0.500 e. The number of carbonyl (C=O) groups is 4. The monoisotopic (exact) mass is 1270 g/mol. The van der Waals surface area contributed by atoms with Crippen LogP contribution in [0.15, 0.2) is 0 Å². The van der Waals surface area contributed by atoms with Crippen molar-refractivity contribution < 1.29 is 64.1 Å². The van der Waals surface area contributed by atoms with Gasteiger partial charge in [0.05, 0.1) is 0 Å². The van der Waals surface area contributed by atoms with Crippen molar-refractivity contribution >= 4 is 84.5 Å². The first-order valence-electron chi connectivity index (χ1n) is 32.9. The molecule has 0 aliphatic heterocycles. The van der Waals surface area contributed by atoms with Gasteiger partial charge in [-0.3, -0.25) is 19.2 Å². The number of hydrogen-bond acceptors (Lipinski definition) is 17. The first-order valence-corrected chi connectivity index (χ1v) is 41.9. The molecule has 14 nitrogen and oxygen atoms in total. The van der Waals surface area contributed by atoms with Crippen LogP contribution >= 0.6 is 36.2 Å². The Hall–Kier alpha value is -0.339. The SMILES string of the molecule is CCCCCCCC(=O)OCC(CC)(CO[Si](C)(CCCSC(=O)CCCCCCC)OCC(CC)(COC(=O)CCCCCCC)CO[Si](CCCSC(=O)CCCCCCC)(OCC)OCC)CO[Si](CCCS)(OCC)OCC. The summed E-state index contributed by atoms with van der Waals surface area (Å²) in [6.45, 7) is 25.2. The number of hydrogen-bond donors (Lipinski definition) is 1. The lowest BCUT2D eigenvalue weighted by atomic mass is 9.88. The summed E-state index contributed by atoms with van der Waals surface area (Å²) >= 11 is 7.30. The lowest BCUT2D eigenvalue weighted by Crippen LogP contribution is -2.53. The van der Waals surface area contributed by atoms with Crippen molar-refractivity contribution in [3.63, 3.8) is 0 Å². The molecular formula is C62H124O14S3Si3. The lowest BCUT2D eigenvalue weighted by Gasteiger charge is -2.41. The Kier molecular flexibility index (Phi) is 52.4. The molecule has 0 aromatic carbocycles. The maximum Gasteiger partial charge on any atom is 0.500 e. The maximum atomic E-state index is 13.6. The normalized spacial score (nSPS) is 14.3. The molecule has 0 spiro atoms. The van der Waals surface area contributed by atoms with E-state index >= 15 is 0 Å². The van der Waals surface area contributed by atoms with E-state index in [0.29, 0.717) is 113 Å². The number of unbranched alkanes of at least 4 members (excludes halogenated alkanes) is 16. The first kappa shape index (κ1) is 81.7. The van der Waals surface area contributed by atoms with Crippen LogP contribution in [0.2, 0.25) is 24.7 Å². The fraction of sp³-hybridized carbons (Fsp3) is 0.935. The van der Waals surface area contributed by atoms with Crippen molar-refractivity contribution in [3.05, 3.63) is 0 Å². The molecule has 20 heteroatoms. The minimum atomic E-state index is -3.33. The van der Waals surface area contributed by atoms with Crippen molar-refractivity contribution in [2.24, 2.45) is 10.8 Å². The van der Waals surface area contributed by atoms with Gasteiger partial charge < -0.3 is 44.9 Å². The van der Waals surface area contributed by atoms with E-state index in [0.717, 1.165) is 116 Å². The van der Waals surface area contributed by atoms with E-state index in [4.69, 9.17) is 44.9 Å². The summed E-state index contributed by atoms with van der Waals surface area (Å²) < 4.78 is 66.7. The van der Waals surface area contributed by atoms with E-state index < -0.39 is 37.0 Å². The predicted molar refractivity (Wildman–Crippen MR) is 351 cm³/mol. The van der Waals surface area contributed by atoms with Gasteiger partial charge in [-0.05, 0) is 104 Å². The van der Waals surface area contributed by atoms with Crippen molar-refractivity contribution in [2.75, 3.05) is 83.3 Å². The predicted octanol–water partition coefficient (Wildman–Crippen LogP) is 17.1. The smallest absolute Gasteiger partial charge is 0.465 e. The number of esters is 2. The van der Waals surface area contributed by atoms with Crippen LogP contribution in [-0.4, -0.2) is 132 Å². The number of carbonyl (C=O) groups excluding carboxylic acids is 4. The standard InChI is InChI=1S/C62H124O14S3Si3/c1-12-22-26-30-34-41-57(63)67-51-61(16-5,55-75-81(69-18-7,70-19-8)49-38-45-77)53-73-80(11,48-39-46-78-59(65)43-36-32-28-24-14-3)74-54-62(17-6,52-68-58(64)42-35-31-27-23-13-2)56-76-82(71-20-9,72-21-10)50-40-47-79-60(66)44-37-33-29-25-15-4/h77H,12-56H2,1-11H3. The fourth-order valence-corrected chi connectivity index (χ4v) is 19.7. The van der Waals surface area contributed by atoms with Crippen LogP contribution < -0.4 is 0 Å². The van der Waals surface area contributed by atoms with Crippen molar-refractivity contribution in [1.82, 2.24) is 0 Å². The van der Waals surface area contributed by atoms with Gasteiger partial charge in [-0.1, -0.05) is 168 Å². The molecule has 0 saturated heterocycles. The van der Waals surface area contributed by atoms with E-state index in [2.05, 4.69) is 60.7 Å². The molecule has 486 valence electrons. The molecule has 0 aromatic rings. The van der Waals surface area contributed by atoms with Gasteiger partial charge in [0.1, 0.15) is 13.2 Å². The Morgan fingerprint density at radius 2 is 0.683 bits per heavy atom. The van der Waals surface area contributed by atoms with E-state index in [1.54, 1.807) is 0 Å². The average molecular weight is 1270 g/mol. The Labute approximate surface area is 519 Å². The molecule has 0 rings (SSSR count). The van der Waals surface area contributed by atoms with Crippen LogP contribution in [0.25, 0.3) is 0 Å². The summed E-state index contributed by atoms with van der Waals surface area (Å²) in [7, 11) is -9.76. The molecule has 3 unspecified atom stereocenters. The molecule has 0 fully saturated rings. The van der Waals surface area contributed by atoms with Gasteiger partial charge >= 0.3 is 38.1 Å². The minimum absolute atomic E-state index is 0.0602. The highest BCUT2D eigenvalue weighted by Crippen LogP contribution is 2.35. The summed E-state index contributed by atoms with van der Waals surface area (Å²) in [4.78, 5) is 53.1. The van der Waals surface area contributed by atoms with E-state index in [1.807, 2.05) is 27.7 Å². The van der Waals surface area contributed by atoms with Crippen LogP contribution in [0.1, 0.15) is 255 Å². The number of thioether (sulfide) groups is 2. The highest BCUT2D eigenvalue weighted by molar-refractivity contribution is 8.13. The van der Waals surface area contributed by atoms with Gasteiger partial charge in [0.15, 0.2) is 10.2 Å². The second-order valence-corrected chi connectivity index (χ2v) is 34.1. The summed E-state index contributed by atoms with van der Waals surface area (Å²) in [6, 6.07) is 1.70. The van der Waals surface area contributed by atoms with Crippen LogP contribution in [-0.2, 0) is 64.1 Å². The molecule has 0 aliphatic rings. The number of ether oxygens (including phenoxy) is 2. The second kappa shape index (κ2) is 52.6.